The SMILES string of the molecule is C[NH+](C)[C@H](CNC(=O)c1cccc(Cl)c1)c1ccco1. The second kappa shape index (κ2) is 6.59. The van der Waals surface area contributed by atoms with Gasteiger partial charge in [-0.15, -0.1) is 0 Å². The molecular weight excluding hydrogens is 276 g/mol. The van der Waals surface area contributed by atoms with E-state index in [-0.39, 0.29) is 11.9 Å². The van der Waals surface area contributed by atoms with E-state index < -0.39 is 0 Å². The van der Waals surface area contributed by atoms with Gasteiger partial charge in [0, 0.05) is 10.6 Å². The summed E-state index contributed by atoms with van der Waals surface area (Å²) in [6.07, 6.45) is 1.64. The van der Waals surface area contributed by atoms with Gasteiger partial charge in [0.05, 0.1) is 26.9 Å². The normalized spacial score (nSPS) is 12.4. The first-order chi connectivity index (χ1) is 9.58. The largest absolute Gasteiger partial charge is 0.463 e. The zero-order valence-corrected chi connectivity index (χ0v) is 12.3. The van der Waals surface area contributed by atoms with E-state index in [4.69, 9.17) is 16.0 Å². The summed E-state index contributed by atoms with van der Waals surface area (Å²) in [4.78, 5) is 13.3. The molecule has 0 saturated carbocycles. The lowest BCUT2D eigenvalue weighted by Crippen LogP contribution is -3.07. The van der Waals surface area contributed by atoms with Crippen LogP contribution in [-0.2, 0) is 0 Å². The predicted molar refractivity (Wildman–Crippen MR) is 78.0 cm³/mol. The Hall–Kier alpha value is -1.78. The molecule has 2 rings (SSSR count). The first-order valence-electron chi connectivity index (χ1n) is 6.45. The van der Waals surface area contributed by atoms with Crippen LogP contribution in [0.1, 0.15) is 22.2 Å². The van der Waals surface area contributed by atoms with Crippen LogP contribution in [0.25, 0.3) is 0 Å². The number of rotatable bonds is 5. The van der Waals surface area contributed by atoms with Crippen LogP contribution in [0, 0.1) is 0 Å². The second-order valence-corrected chi connectivity index (χ2v) is 5.30. The van der Waals surface area contributed by atoms with E-state index in [1.165, 1.54) is 4.90 Å². The van der Waals surface area contributed by atoms with Crippen molar-refractivity contribution in [2.75, 3.05) is 20.6 Å². The zero-order valence-electron chi connectivity index (χ0n) is 11.5. The maximum absolute atomic E-state index is 12.1. The predicted octanol–water partition coefficient (Wildman–Crippen LogP) is 1.55. The fourth-order valence-corrected chi connectivity index (χ4v) is 2.20. The molecule has 1 heterocycles. The summed E-state index contributed by atoms with van der Waals surface area (Å²) in [6.45, 7) is 0.501. The first kappa shape index (κ1) is 14.6. The standard InChI is InChI=1S/C15H17ClN2O2/c1-18(2)13(14-7-4-8-20-14)10-17-15(19)11-5-3-6-12(16)9-11/h3-9,13H,10H2,1-2H3,(H,17,19)/p+1/t13-/m1/s1. The molecule has 106 valence electrons. The lowest BCUT2D eigenvalue weighted by molar-refractivity contribution is -0.891. The highest BCUT2D eigenvalue weighted by molar-refractivity contribution is 6.30. The third kappa shape index (κ3) is 3.62. The Morgan fingerprint density at radius 2 is 2.15 bits per heavy atom. The van der Waals surface area contributed by atoms with Gasteiger partial charge in [0.2, 0.25) is 0 Å². The first-order valence-corrected chi connectivity index (χ1v) is 6.83. The number of carbonyl (C=O) groups excluding carboxylic acids is 1. The van der Waals surface area contributed by atoms with Crippen LogP contribution in [0.4, 0.5) is 0 Å². The highest BCUT2D eigenvalue weighted by Crippen LogP contribution is 2.12. The molecule has 0 radical (unpaired) electrons. The lowest BCUT2D eigenvalue weighted by atomic mass is 10.2. The number of likely N-dealkylation sites (N-methyl/N-ethyl adjacent to an activating group) is 1. The number of hydrogen-bond donors (Lipinski definition) is 2. The average Bonchev–Trinajstić information content (AvgIpc) is 2.92. The van der Waals surface area contributed by atoms with Gasteiger partial charge in [-0.2, -0.15) is 0 Å². The highest BCUT2D eigenvalue weighted by Gasteiger charge is 2.21. The van der Waals surface area contributed by atoms with Crippen molar-refractivity contribution < 1.29 is 14.1 Å². The van der Waals surface area contributed by atoms with Crippen molar-refractivity contribution in [2.45, 2.75) is 6.04 Å². The molecule has 4 nitrogen and oxygen atoms in total. The van der Waals surface area contributed by atoms with Crippen molar-refractivity contribution in [2.24, 2.45) is 0 Å². The van der Waals surface area contributed by atoms with E-state index in [9.17, 15) is 4.79 Å². The number of amides is 1. The maximum atomic E-state index is 12.1. The van der Waals surface area contributed by atoms with Crippen molar-refractivity contribution in [3.05, 3.63) is 59.0 Å². The van der Waals surface area contributed by atoms with Crippen molar-refractivity contribution in [3.8, 4) is 0 Å². The molecule has 5 heteroatoms. The van der Waals surface area contributed by atoms with Crippen LogP contribution in [0.5, 0.6) is 0 Å². The lowest BCUT2D eigenvalue weighted by Gasteiger charge is -2.19. The summed E-state index contributed by atoms with van der Waals surface area (Å²) < 4.78 is 5.42. The number of quaternary nitrogens is 1. The van der Waals surface area contributed by atoms with Crippen LogP contribution in [0.2, 0.25) is 5.02 Å². The fourth-order valence-electron chi connectivity index (χ4n) is 2.01. The van der Waals surface area contributed by atoms with Crippen LogP contribution in [0.3, 0.4) is 0 Å². The Labute approximate surface area is 123 Å². The Morgan fingerprint density at radius 1 is 1.35 bits per heavy atom. The van der Waals surface area contributed by atoms with Gasteiger partial charge in [0.1, 0.15) is 0 Å². The Kier molecular flexibility index (Phi) is 4.82. The molecule has 0 fully saturated rings. The summed E-state index contributed by atoms with van der Waals surface area (Å²) in [5.41, 5.74) is 0.560. The topological polar surface area (TPSA) is 46.7 Å². The minimum absolute atomic E-state index is 0.0770. The van der Waals surface area contributed by atoms with E-state index in [0.717, 1.165) is 5.76 Å². The molecule has 0 aliphatic heterocycles. The third-order valence-electron chi connectivity index (χ3n) is 3.14. The van der Waals surface area contributed by atoms with Gasteiger partial charge in [0.15, 0.2) is 11.8 Å². The van der Waals surface area contributed by atoms with Crippen molar-refractivity contribution in [3.63, 3.8) is 0 Å². The second-order valence-electron chi connectivity index (χ2n) is 4.87. The van der Waals surface area contributed by atoms with Gasteiger partial charge in [0.25, 0.3) is 5.91 Å². The third-order valence-corrected chi connectivity index (χ3v) is 3.37. The molecule has 2 aromatic rings. The minimum atomic E-state index is -0.134. The molecule has 0 bridgehead atoms. The number of hydrogen-bond acceptors (Lipinski definition) is 2. The van der Waals surface area contributed by atoms with E-state index in [2.05, 4.69) is 5.32 Å². The van der Waals surface area contributed by atoms with Crippen molar-refractivity contribution in [1.29, 1.82) is 0 Å². The molecule has 1 aromatic carbocycles. The van der Waals surface area contributed by atoms with Crippen LogP contribution >= 0.6 is 11.6 Å². The quantitative estimate of drug-likeness (QED) is 0.879. The van der Waals surface area contributed by atoms with Gasteiger partial charge in [-0.05, 0) is 30.3 Å². The number of benzene rings is 1. The molecule has 1 aromatic heterocycles. The van der Waals surface area contributed by atoms with Crippen LogP contribution < -0.4 is 10.2 Å². The summed E-state index contributed by atoms with van der Waals surface area (Å²) in [5.74, 6) is 0.724. The summed E-state index contributed by atoms with van der Waals surface area (Å²) >= 11 is 5.88. The summed E-state index contributed by atoms with van der Waals surface area (Å²) in [7, 11) is 4.05. The van der Waals surface area contributed by atoms with E-state index in [1.54, 1.807) is 30.5 Å². The average molecular weight is 294 g/mol. The molecule has 0 saturated heterocycles. The molecule has 2 N–H and O–H groups in total. The smallest absolute Gasteiger partial charge is 0.251 e. The van der Waals surface area contributed by atoms with Gasteiger partial charge < -0.3 is 14.6 Å². The number of carbonyl (C=O) groups is 1. The molecule has 0 spiro atoms. The Morgan fingerprint density at radius 3 is 2.75 bits per heavy atom. The van der Waals surface area contributed by atoms with Crippen molar-refractivity contribution >= 4 is 17.5 Å². The minimum Gasteiger partial charge on any atom is -0.463 e. The molecular formula is C15H18ClN2O2+. The van der Waals surface area contributed by atoms with Crippen molar-refractivity contribution in [1.82, 2.24) is 5.32 Å². The summed E-state index contributed by atoms with van der Waals surface area (Å²) in [5, 5.41) is 3.47. The van der Waals surface area contributed by atoms with E-state index >= 15 is 0 Å². The van der Waals surface area contributed by atoms with Crippen LogP contribution in [-0.4, -0.2) is 26.5 Å². The zero-order chi connectivity index (χ0) is 14.5. The van der Waals surface area contributed by atoms with Crippen LogP contribution in [0.15, 0.2) is 47.1 Å². The maximum Gasteiger partial charge on any atom is 0.251 e. The molecule has 0 unspecified atom stereocenters. The summed E-state index contributed by atoms with van der Waals surface area (Å²) in [6, 6.07) is 10.8. The van der Waals surface area contributed by atoms with E-state index in [0.29, 0.717) is 17.1 Å². The molecule has 0 aliphatic rings. The van der Waals surface area contributed by atoms with Gasteiger partial charge in [-0.25, -0.2) is 0 Å². The Bertz CT molecular complexity index is 567. The fraction of sp³-hybridized carbons (Fsp3) is 0.267. The van der Waals surface area contributed by atoms with Gasteiger partial charge in [-0.1, -0.05) is 17.7 Å². The number of halogens is 1. The van der Waals surface area contributed by atoms with Gasteiger partial charge >= 0.3 is 0 Å². The molecule has 0 aliphatic carbocycles. The van der Waals surface area contributed by atoms with Gasteiger partial charge in [-0.3, -0.25) is 4.79 Å². The highest BCUT2D eigenvalue weighted by atomic mass is 35.5. The number of nitrogens with one attached hydrogen (secondary N) is 2. The molecule has 20 heavy (non-hydrogen) atoms. The Balaban J connectivity index is 2.01. The van der Waals surface area contributed by atoms with E-state index in [1.807, 2.05) is 26.2 Å². The monoisotopic (exact) mass is 293 g/mol. The number of furan rings is 1. The molecule has 1 amide bonds. The molecule has 1 atom stereocenters.